The maximum atomic E-state index is 11.9. The lowest BCUT2D eigenvalue weighted by Gasteiger charge is -2.27. The van der Waals surface area contributed by atoms with Crippen molar-refractivity contribution in [1.82, 2.24) is 19.9 Å². The van der Waals surface area contributed by atoms with Crippen LogP contribution in [0.4, 0.5) is 5.82 Å². The Morgan fingerprint density at radius 3 is 2.90 bits per heavy atom. The van der Waals surface area contributed by atoms with Crippen LogP contribution < -0.4 is 11.1 Å². The van der Waals surface area contributed by atoms with Gasteiger partial charge in [-0.1, -0.05) is 0 Å². The quantitative estimate of drug-likeness (QED) is 0.399. The number of carbonyl (C=O) groups is 1. The number of hydrogen-bond acceptors (Lipinski definition) is 9. The molecule has 29 heavy (non-hydrogen) atoms. The average molecular weight is 419 g/mol. The van der Waals surface area contributed by atoms with Gasteiger partial charge >= 0.3 is 0 Å². The predicted molar refractivity (Wildman–Crippen MR) is 106 cm³/mol. The van der Waals surface area contributed by atoms with E-state index >= 15 is 0 Å². The molecule has 1 unspecified atom stereocenters. The molecular formula is C18H21N5O5S. The highest BCUT2D eigenvalue weighted by Gasteiger charge is 2.53. The average Bonchev–Trinajstić information content (AvgIpc) is 3.38. The lowest BCUT2D eigenvalue weighted by atomic mass is 9.96. The molecule has 154 valence electrons. The zero-order valence-electron chi connectivity index (χ0n) is 15.7. The van der Waals surface area contributed by atoms with Crippen molar-refractivity contribution in [2.24, 2.45) is 0 Å². The van der Waals surface area contributed by atoms with Gasteiger partial charge in [-0.15, -0.1) is 11.3 Å². The summed E-state index contributed by atoms with van der Waals surface area (Å²) in [6, 6.07) is 1.73. The minimum absolute atomic E-state index is 0.212. The summed E-state index contributed by atoms with van der Waals surface area (Å²) >= 11 is 1.35. The van der Waals surface area contributed by atoms with Crippen molar-refractivity contribution in [2.75, 3.05) is 19.4 Å². The zero-order chi connectivity index (χ0) is 20.9. The van der Waals surface area contributed by atoms with Gasteiger partial charge in [-0.25, -0.2) is 9.97 Å². The fraction of sp³-hybridized carbons (Fsp3) is 0.389. The number of anilines is 1. The lowest BCUT2D eigenvalue weighted by Crippen LogP contribution is -2.44. The number of carbonyl (C=O) groups excluding carboxylic acids is 1. The number of nitrogens with zero attached hydrogens (tertiary/aromatic N) is 3. The topological polar surface area (TPSA) is 156 Å². The smallest absolute Gasteiger partial charge is 0.251 e. The molecule has 4 rings (SSSR count). The van der Waals surface area contributed by atoms with Gasteiger partial charge < -0.3 is 35.7 Å². The number of amides is 1. The molecule has 0 aliphatic carbocycles. The first-order chi connectivity index (χ1) is 13.8. The Kier molecular flexibility index (Phi) is 4.79. The number of nitrogens with one attached hydrogen (secondary N) is 1. The van der Waals surface area contributed by atoms with E-state index in [1.54, 1.807) is 29.3 Å². The molecule has 1 fully saturated rings. The van der Waals surface area contributed by atoms with Gasteiger partial charge in [-0.3, -0.25) is 4.79 Å². The van der Waals surface area contributed by atoms with Crippen molar-refractivity contribution < 1.29 is 24.9 Å². The second kappa shape index (κ2) is 7.04. The number of aromatic nitrogens is 3. The number of rotatable bonds is 4. The number of nitrogen functional groups attached to an aromatic ring is 1. The molecule has 3 aromatic heterocycles. The van der Waals surface area contributed by atoms with Gasteiger partial charge in [-0.2, -0.15) is 0 Å². The standard InChI is InChI=1S/C18H21N5O5S/c1-18(27)13(25)10(5-24)28-17(18)23-4-9(12-14(19)21-7-22-15(12)23)11-3-8(6-29-11)16(26)20-2/h3-4,6-7,10,13,17,24-25,27H,5H2,1-2H3,(H,20,26)(H2,19,21,22)/t10?,13-,17-,18-/m1/s1. The van der Waals surface area contributed by atoms with Crippen LogP contribution in [0.15, 0.2) is 24.0 Å². The second-order valence-electron chi connectivity index (χ2n) is 7.07. The highest BCUT2D eigenvalue weighted by molar-refractivity contribution is 7.14. The molecule has 0 aromatic carbocycles. The predicted octanol–water partition coefficient (Wildman–Crippen LogP) is 0.103. The van der Waals surface area contributed by atoms with Crippen molar-refractivity contribution in [3.8, 4) is 10.4 Å². The van der Waals surface area contributed by atoms with Crippen molar-refractivity contribution in [3.63, 3.8) is 0 Å². The molecule has 4 atom stereocenters. The zero-order valence-corrected chi connectivity index (χ0v) is 16.6. The minimum atomic E-state index is -1.68. The molecule has 1 aliphatic heterocycles. The van der Waals surface area contributed by atoms with E-state index in [9.17, 15) is 20.1 Å². The number of hydrogen-bond donors (Lipinski definition) is 5. The normalized spacial score (nSPS) is 26.9. The number of nitrogens with two attached hydrogens (primary N) is 1. The summed E-state index contributed by atoms with van der Waals surface area (Å²) in [6.07, 6.45) is -0.262. The van der Waals surface area contributed by atoms with Crippen molar-refractivity contribution >= 4 is 34.1 Å². The molecule has 4 heterocycles. The van der Waals surface area contributed by atoms with E-state index in [1.165, 1.54) is 24.6 Å². The Hall–Kier alpha value is -2.57. The van der Waals surface area contributed by atoms with E-state index in [4.69, 9.17) is 10.5 Å². The maximum Gasteiger partial charge on any atom is 0.251 e. The largest absolute Gasteiger partial charge is 0.394 e. The summed E-state index contributed by atoms with van der Waals surface area (Å²) in [4.78, 5) is 21.0. The summed E-state index contributed by atoms with van der Waals surface area (Å²) in [7, 11) is 1.56. The van der Waals surface area contributed by atoms with Crippen molar-refractivity contribution in [2.45, 2.75) is 31.0 Å². The molecule has 1 amide bonds. The van der Waals surface area contributed by atoms with Gasteiger partial charge in [-0.05, 0) is 13.0 Å². The highest BCUT2D eigenvalue weighted by atomic mass is 32.1. The summed E-state index contributed by atoms with van der Waals surface area (Å²) < 4.78 is 7.30. The number of ether oxygens (including phenoxy) is 1. The molecule has 11 heteroatoms. The Bertz CT molecular complexity index is 1080. The highest BCUT2D eigenvalue weighted by Crippen LogP contribution is 2.43. The van der Waals surface area contributed by atoms with E-state index < -0.39 is 30.6 Å². The fourth-order valence-electron chi connectivity index (χ4n) is 3.61. The van der Waals surface area contributed by atoms with Crippen LogP contribution >= 0.6 is 11.3 Å². The van der Waals surface area contributed by atoms with E-state index in [0.29, 0.717) is 22.2 Å². The molecule has 6 N–H and O–H groups in total. The molecule has 1 aliphatic rings. The molecule has 10 nitrogen and oxygen atoms in total. The number of aliphatic hydroxyl groups is 3. The summed E-state index contributed by atoms with van der Waals surface area (Å²) in [5.74, 6) is 0.0203. The van der Waals surface area contributed by atoms with Crippen LogP contribution in [0.3, 0.4) is 0 Å². The van der Waals surface area contributed by atoms with Crippen LogP contribution in [0, 0.1) is 0 Å². The third kappa shape index (κ3) is 2.98. The molecule has 3 aromatic rings. The van der Waals surface area contributed by atoms with Gasteiger partial charge in [0.1, 0.15) is 35.6 Å². The summed E-state index contributed by atoms with van der Waals surface area (Å²) in [5.41, 5.74) is 6.01. The van der Waals surface area contributed by atoms with Gasteiger partial charge in [0, 0.05) is 29.1 Å². The fourth-order valence-corrected chi connectivity index (χ4v) is 4.51. The van der Waals surface area contributed by atoms with Crippen LogP contribution in [0.1, 0.15) is 23.5 Å². The van der Waals surface area contributed by atoms with E-state index in [-0.39, 0.29) is 11.7 Å². The third-order valence-corrected chi connectivity index (χ3v) is 6.14. The summed E-state index contributed by atoms with van der Waals surface area (Å²) in [5, 5.41) is 35.5. The van der Waals surface area contributed by atoms with Crippen molar-refractivity contribution in [3.05, 3.63) is 29.5 Å². The Morgan fingerprint density at radius 2 is 2.24 bits per heavy atom. The van der Waals surface area contributed by atoms with Crippen LogP contribution in [0.25, 0.3) is 21.5 Å². The van der Waals surface area contributed by atoms with Crippen LogP contribution in [-0.4, -0.2) is 67.2 Å². The SMILES string of the molecule is CNC(=O)c1csc(-c2cn([C@@H]3OC(CO)[C@@H](O)[C@@]3(C)O)c3ncnc(N)c23)c1. The molecule has 0 radical (unpaired) electrons. The Balaban J connectivity index is 1.89. The van der Waals surface area contributed by atoms with E-state index in [2.05, 4.69) is 15.3 Å². The van der Waals surface area contributed by atoms with Gasteiger partial charge in [0.25, 0.3) is 5.91 Å². The minimum Gasteiger partial charge on any atom is -0.394 e. The lowest BCUT2D eigenvalue weighted by molar-refractivity contribution is -0.0948. The number of thiophene rings is 1. The summed E-state index contributed by atoms with van der Waals surface area (Å²) in [6.45, 7) is 0.986. The van der Waals surface area contributed by atoms with Gasteiger partial charge in [0.2, 0.25) is 0 Å². The second-order valence-corrected chi connectivity index (χ2v) is 7.98. The molecule has 1 saturated heterocycles. The van der Waals surface area contributed by atoms with Gasteiger partial charge in [0.05, 0.1) is 17.6 Å². The van der Waals surface area contributed by atoms with E-state index in [0.717, 1.165) is 4.88 Å². The first-order valence-electron chi connectivity index (χ1n) is 8.88. The van der Waals surface area contributed by atoms with Crippen LogP contribution in [0.2, 0.25) is 0 Å². The van der Waals surface area contributed by atoms with E-state index in [1.807, 2.05) is 0 Å². The molecule has 0 spiro atoms. The maximum absolute atomic E-state index is 11.9. The van der Waals surface area contributed by atoms with Crippen LogP contribution in [0.5, 0.6) is 0 Å². The van der Waals surface area contributed by atoms with Crippen LogP contribution in [-0.2, 0) is 4.74 Å². The Labute approximate surface area is 169 Å². The molecular weight excluding hydrogens is 398 g/mol. The first-order valence-corrected chi connectivity index (χ1v) is 9.76. The van der Waals surface area contributed by atoms with Gasteiger partial charge in [0.15, 0.2) is 6.23 Å². The first kappa shape index (κ1) is 19.7. The third-order valence-electron chi connectivity index (χ3n) is 5.18. The number of fused-ring (bicyclic) bond motifs is 1. The monoisotopic (exact) mass is 419 g/mol. The number of aliphatic hydroxyl groups excluding tert-OH is 2. The Morgan fingerprint density at radius 1 is 1.48 bits per heavy atom. The molecule has 0 bridgehead atoms. The van der Waals surface area contributed by atoms with Crippen molar-refractivity contribution in [1.29, 1.82) is 0 Å². The molecule has 0 saturated carbocycles.